The molecule has 0 amide bonds. The summed E-state index contributed by atoms with van der Waals surface area (Å²) in [7, 11) is -3.69. The fourth-order valence-corrected chi connectivity index (χ4v) is 4.37. The lowest BCUT2D eigenvalue weighted by Gasteiger charge is -2.21. The molecule has 1 aromatic rings. The van der Waals surface area contributed by atoms with Crippen molar-refractivity contribution in [2.24, 2.45) is 11.3 Å². The van der Waals surface area contributed by atoms with Crippen molar-refractivity contribution in [1.29, 1.82) is 5.26 Å². The minimum Gasteiger partial charge on any atom is -0.394 e. The van der Waals surface area contributed by atoms with Crippen LogP contribution in [0.15, 0.2) is 30.3 Å². The summed E-state index contributed by atoms with van der Waals surface area (Å²) in [6.07, 6.45) is 0.393. The molecule has 1 aliphatic rings. The Labute approximate surface area is 149 Å². The molecule has 138 valence electrons. The Morgan fingerprint density at radius 3 is 2.52 bits per heavy atom. The van der Waals surface area contributed by atoms with Crippen molar-refractivity contribution < 1.29 is 17.7 Å². The third-order valence-corrected chi connectivity index (χ3v) is 5.87. The summed E-state index contributed by atoms with van der Waals surface area (Å²) >= 11 is 0. The zero-order valence-electron chi connectivity index (χ0n) is 14.8. The van der Waals surface area contributed by atoms with Gasteiger partial charge in [0.1, 0.15) is 6.04 Å². The Kier molecular flexibility index (Phi) is 6.22. The minimum atomic E-state index is -3.69. The predicted molar refractivity (Wildman–Crippen MR) is 95.0 cm³/mol. The number of benzene rings is 1. The van der Waals surface area contributed by atoms with Crippen molar-refractivity contribution in [3.63, 3.8) is 0 Å². The third-order valence-electron chi connectivity index (χ3n) is 4.14. The number of nitrogens with one attached hydrogen (secondary N) is 1. The Morgan fingerprint density at radius 2 is 2.00 bits per heavy atom. The lowest BCUT2D eigenvalue weighted by atomic mass is 9.99. The van der Waals surface area contributed by atoms with Crippen LogP contribution in [0.1, 0.15) is 38.8 Å². The van der Waals surface area contributed by atoms with Crippen LogP contribution in [0.25, 0.3) is 0 Å². The highest BCUT2D eigenvalue weighted by Crippen LogP contribution is 2.41. The monoisotopic (exact) mass is 366 g/mol. The van der Waals surface area contributed by atoms with Crippen molar-refractivity contribution >= 4 is 10.1 Å². The molecule has 2 N–H and O–H groups in total. The zero-order valence-corrected chi connectivity index (χ0v) is 15.7. The number of hydrogen-bond acceptors (Lipinski definition) is 6. The molecule has 0 aliphatic heterocycles. The molecule has 0 aromatic heterocycles. The van der Waals surface area contributed by atoms with Crippen molar-refractivity contribution in [2.45, 2.75) is 44.5 Å². The molecule has 1 saturated carbocycles. The summed E-state index contributed by atoms with van der Waals surface area (Å²) in [5.41, 5.74) is 0.605. The summed E-state index contributed by atoms with van der Waals surface area (Å²) in [5, 5.41) is 21.5. The molecule has 2 rings (SSSR count). The molecule has 0 spiro atoms. The number of nitriles is 1. The minimum absolute atomic E-state index is 0.118. The summed E-state index contributed by atoms with van der Waals surface area (Å²) in [6, 6.07) is 10.4. The van der Waals surface area contributed by atoms with Crippen molar-refractivity contribution in [3.8, 4) is 6.07 Å². The van der Waals surface area contributed by atoms with Gasteiger partial charge in [-0.05, 0) is 17.4 Å². The Bertz CT molecular complexity index is 707. The number of aliphatic hydroxyl groups excluding tert-OH is 1. The smallest absolute Gasteiger partial charge is 0.270 e. The Balaban J connectivity index is 2.00. The summed E-state index contributed by atoms with van der Waals surface area (Å²) in [6.45, 7) is 5.65. The van der Waals surface area contributed by atoms with Crippen LogP contribution >= 0.6 is 0 Å². The molecule has 0 saturated heterocycles. The fraction of sp³-hybridized carbons (Fsp3) is 0.611. The molecule has 6 nitrogen and oxygen atoms in total. The van der Waals surface area contributed by atoms with Crippen LogP contribution in [0, 0.1) is 22.7 Å². The van der Waals surface area contributed by atoms with Crippen LogP contribution in [-0.4, -0.2) is 38.0 Å². The van der Waals surface area contributed by atoms with E-state index >= 15 is 0 Å². The second-order valence-corrected chi connectivity index (χ2v) is 9.50. The largest absolute Gasteiger partial charge is 0.394 e. The highest BCUT2D eigenvalue weighted by Gasteiger charge is 2.53. The van der Waals surface area contributed by atoms with E-state index in [9.17, 15) is 18.8 Å². The predicted octanol–water partition coefficient (Wildman–Crippen LogP) is 1.98. The SMILES string of the molecule is CC(C)(C)COS(=O)(=O)[C@H]1C[C@H]1[C@@H](C#N)N[C@@H](CO)c1ccccc1. The maximum Gasteiger partial charge on any atom is 0.270 e. The molecular weight excluding hydrogens is 340 g/mol. The highest BCUT2D eigenvalue weighted by molar-refractivity contribution is 7.87. The number of nitrogens with zero attached hydrogens (tertiary/aromatic N) is 1. The van der Waals surface area contributed by atoms with Gasteiger partial charge >= 0.3 is 0 Å². The highest BCUT2D eigenvalue weighted by atomic mass is 32.2. The van der Waals surface area contributed by atoms with Gasteiger partial charge < -0.3 is 5.11 Å². The zero-order chi connectivity index (χ0) is 18.7. The first kappa shape index (κ1) is 19.9. The van der Waals surface area contributed by atoms with Crippen molar-refractivity contribution in [1.82, 2.24) is 5.32 Å². The topological polar surface area (TPSA) is 99.4 Å². The first-order valence-corrected chi connectivity index (χ1v) is 9.85. The second-order valence-electron chi connectivity index (χ2n) is 7.67. The van der Waals surface area contributed by atoms with E-state index < -0.39 is 27.5 Å². The van der Waals surface area contributed by atoms with Crippen molar-refractivity contribution in [2.75, 3.05) is 13.2 Å². The van der Waals surface area contributed by atoms with Gasteiger partial charge in [-0.3, -0.25) is 9.50 Å². The Morgan fingerprint density at radius 1 is 1.36 bits per heavy atom. The molecule has 4 atom stereocenters. The van der Waals surface area contributed by atoms with E-state index in [1.165, 1.54) is 0 Å². The summed E-state index contributed by atoms with van der Waals surface area (Å²) < 4.78 is 29.7. The lowest BCUT2D eigenvalue weighted by Crippen LogP contribution is -2.37. The average molecular weight is 366 g/mol. The molecule has 0 bridgehead atoms. The molecule has 1 fully saturated rings. The molecule has 1 aromatic carbocycles. The van der Waals surface area contributed by atoms with E-state index in [2.05, 4.69) is 11.4 Å². The van der Waals surface area contributed by atoms with Gasteiger partial charge in [-0.25, -0.2) is 0 Å². The van der Waals surface area contributed by atoms with Crippen LogP contribution in [0.4, 0.5) is 0 Å². The van der Waals surface area contributed by atoms with Crippen LogP contribution < -0.4 is 5.32 Å². The van der Waals surface area contributed by atoms with Gasteiger partial charge in [0.05, 0.1) is 30.6 Å². The molecule has 7 heteroatoms. The van der Waals surface area contributed by atoms with E-state index in [4.69, 9.17) is 4.18 Å². The van der Waals surface area contributed by atoms with E-state index in [0.717, 1.165) is 5.56 Å². The maximum atomic E-state index is 12.3. The molecular formula is C18H26N2O4S. The van der Waals surface area contributed by atoms with E-state index in [0.29, 0.717) is 6.42 Å². The lowest BCUT2D eigenvalue weighted by molar-refractivity contribution is 0.202. The van der Waals surface area contributed by atoms with Crippen LogP contribution in [0.3, 0.4) is 0 Å². The van der Waals surface area contributed by atoms with Crippen LogP contribution in [0.5, 0.6) is 0 Å². The molecule has 0 unspecified atom stereocenters. The van der Waals surface area contributed by atoms with Gasteiger partial charge in [0.15, 0.2) is 0 Å². The fourth-order valence-electron chi connectivity index (χ4n) is 2.63. The number of aliphatic hydroxyl groups is 1. The summed E-state index contributed by atoms with van der Waals surface area (Å²) in [4.78, 5) is 0. The molecule has 0 radical (unpaired) electrons. The summed E-state index contributed by atoms with van der Waals surface area (Å²) in [5.74, 6) is -0.326. The van der Waals surface area contributed by atoms with Gasteiger partial charge in [0.2, 0.25) is 0 Å². The third kappa shape index (κ3) is 5.51. The standard InChI is InChI=1S/C18H26N2O4S/c1-18(2,3)12-24-25(22,23)17-9-14(17)15(10-19)20-16(11-21)13-7-5-4-6-8-13/h4-8,14-17,20-21H,9,11-12H2,1-3H3/t14-,15+,16-,17-/m0/s1. The first-order chi connectivity index (χ1) is 11.7. The van der Waals surface area contributed by atoms with E-state index in [1.807, 2.05) is 51.1 Å². The Hall–Kier alpha value is -1.46. The normalized spacial score (nSPS) is 22.8. The van der Waals surface area contributed by atoms with E-state index in [-0.39, 0.29) is 24.5 Å². The molecule has 0 heterocycles. The average Bonchev–Trinajstić information content (AvgIpc) is 3.36. The quantitative estimate of drug-likeness (QED) is 0.683. The van der Waals surface area contributed by atoms with Gasteiger partial charge in [0, 0.05) is 5.92 Å². The van der Waals surface area contributed by atoms with Gasteiger partial charge in [0.25, 0.3) is 10.1 Å². The van der Waals surface area contributed by atoms with Gasteiger partial charge in [-0.2, -0.15) is 13.7 Å². The number of hydrogen-bond donors (Lipinski definition) is 2. The number of rotatable bonds is 8. The van der Waals surface area contributed by atoms with Crippen molar-refractivity contribution in [3.05, 3.63) is 35.9 Å². The van der Waals surface area contributed by atoms with Gasteiger partial charge in [-0.1, -0.05) is 51.1 Å². The van der Waals surface area contributed by atoms with Crippen LogP contribution in [0.2, 0.25) is 0 Å². The maximum absolute atomic E-state index is 12.3. The van der Waals surface area contributed by atoms with E-state index in [1.54, 1.807) is 0 Å². The molecule has 1 aliphatic carbocycles. The van der Waals surface area contributed by atoms with Crippen LogP contribution in [-0.2, 0) is 14.3 Å². The first-order valence-electron chi connectivity index (χ1n) is 8.37. The second kappa shape index (κ2) is 7.83. The molecule has 25 heavy (non-hydrogen) atoms. The van der Waals surface area contributed by atoms with Gasteiger partial charge in [-0.15, -0.1) is 0 Å².